The van der Waals surface area contributed by atoms with Gasteiger partial charge in [0.25, 0.3) is 0 Å². The van der Waals surface area contributed by atoms with Gasteiger partial charge in [-0.2, -0.15) is 0 Å². The first-order valence-corrected chi connectivity index (χ1v) is 12.2. The lowest BCUT2D eigenvalue weighted by atomic mass is 9.87. The van der Waals surface area contributed by atoms with Crippen LogP contribution in [0.25, 0.3) is 43.6 Å². The van der Waals surface area contributed by atoms with E-state index in [9.17, 15) is 0 Å². The molecule has 1 aliphatic carbocycles. The first-order valence-electron chi connectivity index (χ1n) is 12.2. The quantitative estimate of drug-likeness (QED) is 0.190. The van der Waals surface area contributed by atoms with Crippen LogP contribution in [0.1, 0.15) is 48.3 Å². The third-order valence-corrected chi connectivity index (χ3v) is 8.18. The molecule has 1 aromatic heterocycles. The highest BCUT2D eigenvalue weighted by atomic mass is 16.5. The van der Waals surface area contributed by atoms with E-state index in [-0.39, 0.29) is 0 Å². The number of hydrogen-bond acceptors (Lipinski definition) is 1. The van der Waals surface area contributed by atoms with Crippen molar-refractivity contribution in [2.24, 2.45) is 7.05 Å². The van der Waals surface area contributed by atoms with E-state index in [2.05, 4.69) is 86.3 Å². The maximum Gasteiger partial charge on any atom is 0.228 e. The minimum absolute atomic E-state index is 0.713. The Labute approximate surface area is 194 Å². The molecular formula is C31H28NO+. The van der Waals surface area contributed by atoms with Crippen LogP contribution in [0.4, 0.5) is 0 Å². The van der Waals surface area contributed by atoms with Gasteiger partial charge in [-0.1, -0.05) is 55.3 Å². The van der Waals surface area contributed by atoms with E-state index in [0.717, 1.165) is 11.5 Å². The van der Waals surface area contributed by atoms with Crippen LogP contribution in [0.5, 0.6) is 11.5 Å². The molecule has 0 N–H and O–H groups in total. The Morgan fingerprint density at radius 1 is 0.818 bits per heavy atom. The molecule has 0 atom stereocenters. The lowest BCUT2D eigenvalue weighted by Crippen LogP contribution is -2.32. The summed E-state index contributed by atoms with van der Waals surface area (Å²) in [6, 6.07) is 20.4. The SMILES string of the molecule is Cc1c2c(c(C)c3ccccc13)-c1c3c(cc4ccc(C5CCCC5)cc4c3cc[n+]1C)O2. The Kier molecular flexibility index (Phi) is 3.94. The summed E-state index contributed by atoms with van der Waals surface area (Å²) in [5, 5.41) is 7.73. The molecule has 1 saturated carbocycles. The third-order valence-electron chi connectivity index (χ3n) is 8.18. The largest absolute Gasteiger partial charge is 0.455 e. The van der Waals surface area contributed by atoms with E-state index >= 15 is 0 Å². The fraction of sp³-hybridized carbons (Fsp3) is 0.258. The molecule has 2 aliphatic rings. The van der Waals surface area contributed by atoms with Gasteiger partial charge in [0.2, 0.25) is 5.69 Å². The maximum atomic E-state index is 6.75. The number of aromatic nitrogens is 1. The predicted molar refractivity (Wildman–Crippen MR) is 136 cm³/mol. The molecule has 7 rings (SSSR count). The van der Waals surface area contributed by atoms with Crippen molar-refractivity contribution in [3.8, 4) is 22.8 Å². The number of hydrogen-bond donors (Lipinski definition) is 0. The van der Waals surface area contributed by atoms with Crippen LogP contribution in [0.3, 0.4) is 0 Å². The van der Waals surface area contributed by atoms with Crippen LogP contribution in [0, 0.1) is 13.8 Å². The van der Waals surface area contributed by atoms with Crippen molar-refractivity contribution in [3.63, 3.8) is 0 Å². The van der Waals surface area contributed by atoms with Crippen molar-refractivity contribution in [1.29, 1.82) is 0 Å². The molecule has 0 amide bonds. The summed E-state index contributed by atoms with van der Waals surface area (Å²) in [6.07, 6.45) is 7.59. The first kappa shape index (κ1) is 19.1. The fourth-order valence-corrected chi connectivity index (χ4v) is 6.44. The summed E-state index contributed by atoms with van der Waals surface area (Å²) in [6.45, 7) is 4.44. The van der Waals surface area contributed by atoms with Crippen LogP contribution < -0.4 is 9.30 Å². The molecule has 5 aromatic rings. The van der Waals surface area contributed by atoms with Gasteiger partial charge >= 0.3 is 0 Å². The Balaban J connectivity index is 1.60. The number of fused-ring (bicyclic) bond motifs is 5. The highest BCUT2D eigenvalue weighted by Crippen LogP contribution is 2.51. The van der Waals surface area contributed by atoms with Crippen molar-refractivity contribution in [2.75, 3.05) is 0 Å². The molecule has 0 radical (unpaired) electrons. The molecule has 4 aromatic carbocycles. The number of rotatable bonds is 1. The molecule has 1 aliphatic heterocycles. The fourth-order valence-electron chi connectivity index (χ4n) is 6.44. The molecule has 162 valence electrons. The number of nitrogens with zero attached hydrogens (tertiary/aromatic N) is 1. The second-order valence-electron chi connectivity index (χ2n) is 10.0. The summed E-state index contributed by atoms with van der Waals surface area (Å²) in [5.74, 6) is 2.69. The number of ether oxygens (including phenoxy) is 1. The Hall–Kier alpha value is -3.39. The number of benzene rings is 4. The normalized spacial score (nSPS) is 15.4. The first-order chi connectivity index (χ1) is 16.1. The van der Waals surface area contributed by atoms with Crippen molar-refractivity contribution in [1.82, 2.24) is 0 Å². The summed E-state index contributed by atoms with van der Waals surface area (Å²) in [4.78, 5) is 0. The molecule has 0 unspecified atom stereocenters. The highest BCUT2D eigenvalue weighted by molar-refractivity contribution is 6.16. The zero-order chi connectivity index (χ0) is 22.3. The van der Waals surface area contributed by atoms with Gasteiger partial charge in [0.1, 0.15) is 18.5 Å². The van der Waals surface area contributed by atoms with Crippen molar-refractivity contribution < 1.29 is 9.30 Å². The van der Waals surface area contributed by atoms with Crippen LogP contribution in [-0.2, 0) is 7.05 Å². The van der Waals surface area contributed by atoms with Crippen LogP contribution in [0.2, 0.25) is 0 Å². The molecule has 2 nitrogen and oxygen atoms in total. The van der Waals surface area contributed by atoms with Crippen molar-refractivity contribution in [2.45, 2.75) is 45.4 Å². The molecule has 0 bridgehead atoms. The molecule has 0 saturated heterocycles. The number of aryl methyl sites for hydroxylation is 3. The van der Waals surface area contributed by atoms with Gasteiger partial charge in [0.15, 0.2) is 6.20 Å². The van der Waals surface area contributed by atoms with Gasteiger partial charge in [-0.25, -0.2) is 4.57 Å². The highest BCUT2D eigenvalue weighted by Gasteiger charge is 2.32. The Morgan fingerprint density at radius 2 is 1.58 bits per heavy atom. The summed E-state index contributed by atoms with van der Waals surface area (Å²) < 4.78 is 9.03. The second-order valence-corrected chi connectivity index (χ2v) is 10.0. The van der Waals surface area contributed by atoms with Crippen LogP contribution >= 0.6 is 0 Å². The van der Waals surface area contributed by atoms with E-state index in [1.54, 1.807) is 0 Å². The lowest BCUT2D eigenvalue weighted by molar-refractivity contribution is -0.659. The molecule has 33 heavy (non-hydrogen) atoms. The van der Waals surface area contributed by atoms with Crippen molar-refractivity contribution >= 4 is 32.3 Å². The Bertz CT molecular complexity index is 1620. The Morgan fingerprint density at radius 3 is 2.36 bits per heavy atom. The molecular weight excluding hydrogens is 402 g/mol. The maximum absolute atomic E-state index is 6.75. The van der Waals surface area contributed by atoms with Gasteiger partial charge in [-0.3, -0.25) is 0 Å². The van der Waals surface area contributed by atoms with E-state index in [4.69, 9.17) is 4.74 Å². The predicted octanol–water partition coefficient (Wildman–Crippen LogP) is 8.02. The van der Waals surface area contributed by atoms with E-state index in [1.807, 2.05) is 0 Å². The van der Waals surface area contributed by atoms with Crippen LogP contribution in [-0.4, -0.2) is 0 Å². The standard InChI is InChI=1S/C31H28NO/c1-18-23-10-6-7-11-24(23)19(2)31-28(18)30-29-25(14-15-32(30)3)26-16-21(20-8-4-5-9-20)12-13-22(26)17-27(29)33-31/h6-7,10-17,20H,4-5,8-9H2,1-3H3/q+1. The van der Waals surface area contributed by atoms with E-state index in [0.29, 0.717) is 5.92 Å². The van der Waals surface area contributed by atoms with E-state index < -0.39 is 0 Å². The van der Waals surface area contributed by atoms with Gasteiger partial charge in [-0.05, 0) is 71.3 Å². The summed E-state index contributed by atoms with van der Waals surface area (Å²) >= 11 is 0. The molecule has 0 spiro atoms. The average Bonchev–Trinajstić information content (AvgIpc) is 3.38. The van der Waals surface area contributed by atoms with Crippen molar-refractivity contribution in [3.05, 3.63) is 77.5 Å². The van der Waals surface area contributed by atoms with Gasteiger partial charge < -0.3 is 4.74 Å². The average molecular weight is 431 g/mol. The summed E-state index contributed by atoms with van der Waals surface area (Å²) in [7, 11) is 2.16. The minimum Gasteiger partial charge on any atom is -0.455 e. The van der Waals surface area contributed by atoms with Gasteiger partial charge in [0, 0.05) is 17.0 Å². The lowest BCUT2D eigenvalue weighted by Gasteiger charge is -2.25. The smallest absolute Gasteiger partial charge is 0.228 e. The molecule has 2 heterocycles. The van der Waals surface area contributed by atoms with Crippen LogP contribution in [0.15, 0.2) is 60.8 Å². The molecule has 2 heteroatoms. The minimum atomic E-state index is 0.713. The third kappa shape index (κ3) is 2.58. The van der Waals surface area contributed by atoms with E-state index in [1.165, 1.54) is 85.9 Å². The molecule has 1 fully saturated rings. The zero-order valence-electron chi connectivity index (χ0n) is 19.5. The summed E-state index contributed by atoms with van der Waals surface area (Å²) in [5.41, 5.74) is 6.51. The monoisotopic (exact) mass is 430 g/mol. The number of pyridine rings is 1. The zero-order valence-corrected chi connectivity index (χ0v) is 19.5. The topological polar surface area (TPSA) is 13.1 Å². The van der Waals surface area contributed by atoms with Gasteiger partial charge in [-0.15, -0.1) is 0 Å². The van der Waals surface area contributed by atoms with Gasteiger partial charge in [0.05, 0.1) is 10.9 Å². The second kappa shape index (κ2) is 6.81.